The summed E-state index contributed by atoms with van der Waals surface area (Å²) in [6, 6.07) is 14.3. The van der Waals surface area contributed by atoms with E-state index in [1.807, 2.05) is 12.1 Å². The molecular weight excluding hydrogens is 297 g/mol. The quantitative estimate of drug-likeness (QED) is 0.843. The summed E-state index contributed by atoms with van der Waals surface area (Å²) in [4.78, 5) is 11.6. The van der Waals surface area contributed by atoms with Gasteiger partial charge in [0, 0.05) is 15.7 Å². The number of carbonyl (C=O) groups excluding carboxylic acids is 1. The first-order valence-corrected chi connectivity index (χ1v) is 6.78. The molecule has 0 atom stereocenters. The Bertz CT molecular complexity index is 516. The maximum absolute atomic E-state index is 11.6. The van der Waals surface area contributed by atoms with Gasteiger partial charge in [-0.25, -0.2) is 0 Å². The SMILES string of the molecule is O=C(CNc1ccc(Cl)cc1)OCc1ccc(Cl)cc1. The zero-order valence-electron chi connectivity index (χ0n) is 10.6. The van der Waals surface area contributed by atoms with E-state index in [-0.39, 0.29) is 19.1 Å². The van der Waals surface area contributed by atoms with E-state index in [0.717, 1.165) is 11.3 Å². The van der Waals surface area contributed by atoms with Crippen molar-refractivity contribution in [3.05, 3.63) is 64.1 Å². The number of nitrogens with one attached hydrogen (secondary N) is 1. The molecule has 0 amide bonds. The van der Waals surface area contributed by atoms with Crippen molar-refractivity contribution in [2.75, 3.05) is 11.9 Å². The molecule has 2 rings (SSSR count). The highest BCUT2D eigenvalue weighted by molar-refractivity contribution is 6.30. The first-order valence-electron chi connectivity index (χ1n) is 6.03. The summed E-state index contributed by atoms with van der Waals surface area (Å²) in [5, 5.41) is 4.27. The van der Waals surface area contributed by atoms with Crippen LogP contribution in [0.25, 0.3) is 0 Å². The number of carbonyl (C=O) groups is 1. The first kappa shape index (κ1) is 14.7. The Kier molecular flexibility index (Phi) is 5.27. The lowest BCUT2D eigenvalue weighted by atomic mass is 10.2. The van der Waals surface area contributed by atoms with Gasteiger partial charge in [-0.3, -0.25) is 4.79 Å². The molecule has 0 aliphatic rings. The summed E-state index contributed by atoms with van der Waals surface area (Å²) < 4.78 is 5.14. The molecule has 0 heterocycles. The molecule has 3 nitrogen and oxygen atoms in total. The van der Waals surface area contributed by atoms with Gasteiger partial charge < -0.3 is 10.1 Å². The largest absolute Gasteiger partial charge is 0.460 e. The number of hydrogen-bond acceptors (Lipinski definition) is 3. The van der Waals surface area contributed by atoms with Crippen molar-refractivity contribution in [2.24, 2.45) is 0 Å². The van der Waals surface area contributed by atoms with Crippen molar-refractivity contribution in [3.8, 4) is 0 Å². The van der Waals surface area contributed by atoms with Gasteiger partial charge in [0.25, 0.3) is 0 Å². The van der Waals surface area contributed by atoms with Crippen molar-refractivity contribution in [2.45, 2.75) is 6.61 Å². The lowest BCUT2D eigenvalue weighted by Crippen LogP contribution is -2.16. The van der Waals surface area contributed by atoms with Crippen LogP contribution in [0.1, 0.15) is 5.56 Å². The maximum Gasteiger partial charge on any atom is 0.325 e. The molecule has 0 unspecified atom stereocenters. The van der Waals surface area contributed by atoms with Crippen molar-refractivity contribution in [1.29, 1.82) is 0 Å². The fourth-order valence-electron chi connectivity index (χ4n) is 1.54. The third-order valence-electron chi connectivity index (χ3n) is 2.59. The summed E-state index contributed by atoms with van der Waals surface area (Å²) >= 11 is 11.6. The van der Waals surface area contributed by atoms with Crippen LogP contribution in [0.5, 0.6) is 0 Å². The minimum atomic E-state index is -0.324. The molecule has 0 aliphatic carbocycles. The summed E-state index contributed by atoms with van der Waals surface area (Å²) in [7, 11) is 0. The van der Waals surface area contributed by atoms with E-state index in [9.17, 15) is 4.79 Å². The predicted octanol–water partition coefficient (Wildman–Crippen LogP) is 4.15. The summed E-state index contributed by atoms with van der Waals surface area (Å²) in [5.41, 5.74) is 1.71. The molecule has 1 N–H and O–H groups in total. The lowest BCUT2D eigenvalue weighted by molar-refractivity contribution is -0.142. The van der Waals surface area contributed by atoms with Crippen molar-refractivity contribution >= 4 is 34.9 Å². The molecule has 20 heavy (non-hydrogen) atoms. The van der Waals surface area contributed by atoms with Gasteiger partial charge in [0.2, 0.25) is 0 Å². The van der Waals surface area contributed by atoms with Gasteiger partial charge in [0.15, 0.2) is 0 Å². The number of anilines is 1. The highest BCUT2D eigenvalue weighted by atomic mass is 35.5. The van der Waals surface area contributed by atoms with Gasteiger partial charge in [-0.1, -0.05) is 35.3 Å². The van der Waals surface area contributed by atoms with Crippen molar-refractivity contribution in [1.82, 2.24) is 0 Å². The van der Waals surface area contributed by atoms with Crippen molar-refractivity contribution in [3.63, 3.8) is 0 Å². The average molecular weight is 310 g/mol. The molecule has 5 heteroatoms. The third kappa shape index (κ3) is 4.76. The van der Waals surface area contributed by atoms with Crippen LogP contribution in [-0.2, 0) is 16.1 Å². The Hall–Kier alpha value is -1.71. The number of ether oxygens (including phenoxy) is 1. The summed E-state index contributed by atoms with van der Waals surface area (Å²) in [5.74, 6) is -0.324. The molecular formula is C15H13Cl2NO2. The van der Waals surface area contributed by atoms with Crippen LogP contribution in [0.2, 0.25) is 10.0 Å². The smallest absolute Gasteiger partial charge is 0.325 e. The second-order valence-corrected chi connectivity index (χ2v) is 5.02. The van der Waals surface area contributed by atoms with E-state index < -0.39 is 0 Å². The van der Waals surface area contributed by atoms with Gasteiger partial charge in [-0.05, 0) is 42.0 Å². The Labute approximate surface area is 127 Å². The standard InChI is InChI=1S/C15H13Cl2NO2/c16-12-3-1-11(2-4-12)10-20-15(19)9-18-14-7-5-13(17)6-8-14/h1-8,18H,9-10H2. The Morgan fingerprint density at radius 3 is 2.10 bits per heavy atom. The fourth-order valence-corrected chi connectivity index (χ4v) is 1.79. The minimum absolute atomic E-state index is 0.106. The molecule has 0 aliphatic heterocycles. The summed E-state index contributed by atoms with van der Waals surface area (Å²) in [6.07, 6.45) is 0. The highest BCUT2D eigenvalue weighted by Crippen LogP contribution is 2.13. The van der Waals surface area contributed by atoms with Crippen LogP contribution in [0, 0.1) is 0 Å². The molecule has 0 bridgehead atoms. The average Bonchev–Trinajstić information content (AvgIpc) is 2.46. The van der Waals surface area contributed by atoms with Crippen LogP contribution < -0.4 is 5.32 Å². The molecule has 0 aromatic heterocycles. The normalized spacial score (nSPS) is 10.1. The number of rotatable bonds is 5. The van der Waals surface area contributed by atoms with Crippen LogP contribution in [-0.4, -0.2) is 12.5 Å². The Morgan fingerprint density at radius 2 is 1.50 bits per heavy atom. The molecule has 0 fully saturated rings. The van der Waals surface area contributed by atoms with Crippen LogP contribution in [0.4, 0.5) is 5.69 Å². The van der Waals surface area contributed by atoms with Gasteiger partial charge in [-0.2, -0.15) is 0 Å². The second-order valence-electron chi connectivity index (χ2n) is 4.15. The van der Waals surface area contributed by atoms with E-state index in [2.05, 4.69) is 5.32 Å². The molecule has 0 saturated heterocycles. The van der Waals surface area contributed by atoms with E-state index in [4.69, 9.17) is 27.9 Å². The molecule has 0 spiro atoms. The predicted molar refractivity (Wildman–Crippen MR) is 81.2 cm³/mol. The third-order valence-corrected chi connectivity index (χ3v) is 3.10. The number of benzene rings is 2. The highest BCUT2D eigenvalue weighted by Gasteiger charge is 2.03. The number of halogens is 2. The Morgan fingerprint density at radius 1 is 0.950 bits per heavy atom. The van der Waals surface area contributed by atoms with Crippen LogP contribution in [0.3, 0.4) is 0 Å². The lowest BCUT2D eigenvalue weighted by Gasteiger charge is -2.07. The van der Waals surface area contributed by atoms with E-state index >= 15 is 0 Å². The summed E-state index contributed by atoms with van der Waals surface area (Å²) in [6.45, 7) is 0.341. The topological polar surface area (TPSA) is 38.3 Å². The maximum atomic E-state index is 11.6. The molecule has 104 valence electrons. The van der Waals surface area contributed by atoms with Crippen LogP contribution >= 0.6 is 23.2 Å². The van der Waals surface area contributed by atoms with Gasteiger partial charge in [0.1, 0.15) is 13.2 Å². The number of esters is 1. The van der Waals surface area contributed by atoms with E-state index in [1.54, 1.807) is 36.4 Å². The van der Waals surface area contributed by atoms with Crippen molar-refractivity contribution < 1.29 is 9.53 Å². The minimum Gasteiger partial charge on any atom is -0.460 e. The Balaban J connectivity index is 1.75. The van der Waals surface area contributed by atoms with E-state index in [1.165, 1.54) is 0 Å². The second kappa shape index (κ2) is 7.17. The monoisotopic (exact) mass is 309 g/mol. The first-order chi connectivity index (χ1) is 9.63. The zero-order valence-corrected chi connectivity index (χ0v) is 12.1. The fraction of sp³-hybridized carbons (Fsp3) is 0.133. The van der Waals surface area contributed by atoms with Gasteiger partial charge >= 0.3 is 5.97 Å². The van der Waals surface area contributed by atoms with Gasteiger partial charge in [0.05, 0.1) is 0 Å². The van der Waals surface area contributed by atoms with Gasteiger partial charge in [-0.15, -0.1) is 0 Å². The van der Waals surface area contributed by atoms with Crippen LogP contribution in [0.15, 0.2) is 48.5 Å². The molecule has 0 saturated carbocycles. The van der Waals surface area contributed by atoms with E-state index in [0.29, 0.717) is 10.0 Å². The molecule has 2 aromatic rings. The number of hydrogen-bond donors (Lipinski definition) is 1. The molecule has 2 aromatic carbocycles. The zero-order chi connectivity index (χ0) is 14.4. The molecule has 0 radical (unpaired) electrons.